The average molecular weight is 343 g/mol. The van der Waals surface area contributed by atoms with Crippen molar-refractivity contribution in [1.29, 1.82) is 0 Å². The molecule has 19 heavy (non-hydrogen) atoms. The van der Waals surface area contributed by atoms with Gasteiger partial charge in [0.1, 0.15) is 11.6 Å². The summed E-state index contributed by atoms with van der Waals surface area (Å²) < 4.78 is 8.20. The summed E-state index contributed by atoms with van der Waals surface area (Å²) in [6.45, 7) is 0.396. The minimum atomic E-state index is 0.396. The molecule has 0 unspecified atom stereocenters. The average Bonchev–Trinajstić information content (AvgIpc) is 2.78. The standard InChI is InChI=1S/C12H15BrN4OS/c1-17-11(6-14)15-16-12(17)19-7-8-5-9(18-2)3-4-10(8)13/h3-5H,6-7,14H2,1-2H3. The molecule has 0 aliphatic carbocycles. The molecular weight excluding hydrogens is 328 g/mol. The van der Waals surface area contributed by atoms with Gasteiger partial charge in [0.15, 0.2) is 5.16 Å². The van der Waals surface area contributed by atoms with Crippen LogP contribution in [0, 0.1) is 0 Å². The maximum Gasteiger partial charge on any atom is 0.191 e. The van der Waals surface area contributed by atoms with Crippen molar-refractivity contribution in [3.05, 3.63) is 34.1 Å². The van der Waals surface area contributed by atoms with Gasteiger partial charge in [0.05, 0.1) is 13.7 Å². The van der Waals surface area contributed by atoms with E-state index >= 15 is 0 Å². The molecule has 102 valence electrons. The SMILES string of the molecule is COc1ccc(Br)c(CSc2nnc(CN)n2C)c1. The molecule has 2 N–H and O–H groups in total. The Bertz CT molecular complexity index is 573. The Labute approximate surface area is 124 Å². The lowest BCUT2D eigenvalue weighted by Crippen LogP contribution is -2.05. The summed E-state index contributed by atoms with van der Waals surface area (Å²) in [7, 11) is 3.58. The summed E-state index contributed by atoms with van der Waals surface area (Å²) in [4.78, 5) is 0. The van der Waals surface area contributed by atoms with Crippen LogP contribution in [-0.4, -0.2) is 21.9 Å². The minimum Gasteiger partial charge on any atom is -0.497 e. The van der Waals surface area contributed by atoms with Gasteiger partial charge >= 0.3 is 0 Å². The first-order valence-corrected chi connectivity index (χ1v) is 7.47. The lowest BCUT2D eigenvalue weighted by molar-refractivity contribution is 0.414. The number of rotatable bonds is 5. The Balaban J connectivity index is 2.11. The zero-order valence-corrected chi connectivity index (χ0v) is 13.2. The van der Waals surface area contributed by atoms with E-state index in [-0.39, 0.29) is 0 Å². The predicted octanol–water partition coefficient (Wildman–Crippen LogP) is 2.34. The fourth-order valence-corrected chi connectivity index (χ4v) is 3.07. The molecule has 2 rings (SSSR count). The monoisotopic (exact) mass is 342 g/mol. The quantitative estimate of drug-likeness (QED) is 0.844. The van der Waals surface area contributed by atoms with Crippen molar-refractivity contribution in [2.45, 2.75) is 17.5 Å². The first kappa shape index (κ1) is 14.4. The van der Waals surface area contributed by atoms with E-state index in [0.29, 0.717) is 6.54 Å². The molecule has 7 heteroatoms. The summed E-state index contributed by atoms with van der Waals surface area (Å²) in [6, 6.07) is 5.92. The van der Waals surface area contributed by atoms with E-state index in [0.717, 1.165) is 32.5 Å². The summed E-state index contributed by atoms with van der Waals surface area (Å²) >= 11 is 5.16. The van der Waals surface area contributed by atoms with E-state index in [1.165, 1.54) is 0 Å². The second-order valence-corrected chi connectivity index (χ2v) is 5.70. The molecule has 1 aromatic heterocycles. The molecule has 0 atom stereocenters. The highest BCUT2D eigenvalue weighted by Crippen LogP contribution is 2.28. The number of aromatic nitrogens is 3. The van der Waals surface area contributed by atoms with Crippen LogP contribution in [0.3, 0.4) is 0 Å². The molecule has 0 aliphatic heterocycles. The molecule has 1 aromatic carbocycles. The third-order valence-electron chi connectivity index (χ3n) is 2.72. The molecule has 0 saturated carbocycles. The molecular formula is C12H15BrN4OS. The Hall–Kier alpha value is -1.05. The summed E-state index contributed by atoms with van der Waals surface area (Å²) in [6.07, 6.45) is 0. The Morgan fingerprint density at radius 2 is 2.21 bits per heavy atom. The zero-order chi connectivity index (χ0) is 13.8. The number of hydrogen-bond acceptors (Lipinski definition) is 5. The lowest BCUT2D eigenvalue weighted by Gasteiger charge is -2.07. The van der Waals surface area contributed by atoms with Crippen LogP contribution in [0.15, 0.2) is 27.8 Å². The van der Waals surface area contributed by atoms with Crippen molar-refractivity contribution >= 4 is 27.7 Å². The summed E-state index contributed by atoms with van der Waals surface area (Å²) in [5.74, 6) is 2.42. The van der Waals surface area contributed by atoms with Crippen molar-refractivity contribution < 1.29 is 4.74 Å². The first-order chi connectivity index (χ1) is 9.15. The second-order valence-electron chi connectivity index (χ2n) is 3.91. The van der Waals surface area contributed by atoms with Gasteiger partial charge in [-0.2, -0.15) is 0 Å². The van der Waals surface area contributed by atoms with E-state index in [9.17, 15) is 0 Å². The molecule has 0 radical (unpaired) electrons. The molecule has 5 nitrogen and oxygen atoms in total. The summed E-state index contributed by atoms with van der Waals surface area (Å²) in [5, 5.41) is 9.01. The maximum absolute atomic E-state index is 5.58. The van der Waals surface area contributed by atoms with Crippen molar-refractivity contribution in [2.75, 3.05) is 7.11 Å². The van der Waals surface area contributed by atoms with Crippen molar-refractivity contribution in [3.63, 3.8) is 0 Å². The van der Waals surface area contributed by atoms with Crippen LogP contribution in [0.2, 0.25) is 0 Å². The predicted molar refractivity (Wildman–Crippen MR) is 79.1 cm³/mol. The van der Waals surface area contributed by atoms with Gasteiger partial charge in [0.25, 0.3) is 0 Å². The van der Waals surface area contributed by atoms with Gasteiger partial charge in [-0.05, 0) is 23.8 Å². The van der Waals surface area contributed by atoms with Crippen LogP contribution >= 0.6 is 27.7 Å². The highest BCUT2D eigenvalue weighted by molar-refractivity contribution is 9.10. The zero-order valence-electron chi connectivity index (χ0n) is 10.8. The molecule has 0 aliphatic rings. The molecule has 0 spiro atoms. The fourth-order valence-electron chi connectivity index (χ4n) is 1.58. The topological polar surface area (TPSA) is 66.0 Å². The van der Waals surface area contributed by atoms with Gasteiger partial charge in [-0.25, -0.2) is 0 Å². The largest absolute Gasteiger partial charge is 0.497 e. The number of hydrogen-bond donors (Lipinski definition) is 1. The van der Waals surface area contributed by atoms with Crippen LogP contribution in [0.5, 0.6) is 5.75 Å². The van der Waals surface area contributed by atoms with Crippen molar-refractivity contribution in [3.8, 4) is 5.75 Å². The van der Waals surface area contributed by atoms with Crippen LogP contribution in [0.4, 0.5) is 0 Å². The highest BCUT2D eigenvalue weighted by atomic mass is 79.9. The Kier molecular flexibility index (Phi) is 4.84. The van der Waals surface area contributed by atoms with Crippen LogP contribution in [0.1, 0.15) is 11.4 Å². The van der Waals surface area contributed by atoms with E-state index < -0.39 is 0 Å². The fraction of sp³-hybridized carbons (Fsp3) is 0.333. The van der Waals surface area contributed by atoms with Crippen LogP contribution < -0.4 is 10.5 Å². The van der Waals surface area contributed by atoms with Gasteiger partial charge in [0, 0.05) is 17.3 Å². The molecule has 0 saturated heterocycles. The maximum atomic E-state index is 5.58. The molecule has 0 bridgehead atoms. The Morgan fingerprint density at radius 3 is 2.84 bits per heavy atom. The number of nitrogens with zero attached hydrogens (tertiary/aromatic N) is 3. The minimum absolute atomic E-state index is 0.396. The molecule has 0 fully saturated rings. The van der Waals surface area contributed by atoms with E-state index in [1.807, 2.05) is 29.8 Å². The summed E-state index contributed by atoms with van der Waals surface area (Å²) in [5.41, 5.74) is 6.73. The number of methoxy groups -OCH3 is 1. The number of thioether (sulfide) groups is 1. The normalized spacial score (nSPS) is 10.7. The molecule has 2 aromatic rings. The van der Waals surface area contributed by atoms with Gasteiger partial charge < -0.3 is 15.0 Å². The van der Waals surface area contributed by atoms with Gasteiger partial charge in [-0.15, -0.1) is 10.2 Å². The second kappa shape index (κ2) is 6.40. The third kappa shape index (κ3) is 3.29. The smallest absolute Gasteiger partial charge is 0.191 e. The number of ether oxygens (including phenoxy) is 1. The van der Waals surface area contributed by atoms with E-state index in [1.54, 1.807) is 18.9 Å². The number of halogens is 1. The van der Waals surface area contributed by atoms with Gasteiger partial charge in [-0.1, -0.05) is 27.7 Å². The third-order valence-corrected chi connectivity index (χ3v) is 4.56. The van der Waals surface area contributed by atoms with E-state index in [2.05, 4.69) is 26.1 Å². The lowest BCUT2D eigenvalue weighted by atomic mass is 10.2. The van der Waals surface area contributed by atoms with Crippen LogP contribution in [0.25, 0.3) is 0 Å². The molecule has 0 amide bonds. The van der Waals surface area contributed by atoms with Crippen molar-refractivity contribution in [1.82, 2.24) is 14.8 Å². The van der Waals surface area contributed by atoms with Crippen LogP contribution in [-0.2, 0) is 19.3 Å². The highest BCUT2D eigenvalue weighted by Gasteiger charge is 2.09. The number of nitrogens with two attached hydrogens (primary N) is 1. The first-order valence-electron chi connectivity index (χ1n) is 5.69. The molecule has 1 heterocycles. The van der Waals surface area contributed by atoms with Gasteiger partial charge in [0.2, 0.25) is 0 Å². The van der Waals surface area contributed by atoms with E-state index in [4.69, 9.17) is 10.5 Å². The van der Waals surface area contributed by atoms with Crippen molar-refractivity contribution in [2.24, 2.45) is 12.8 Å². The number of benzene rings is 1. The Morgan fingerprint density at radius 1 is 1.42 bits per heavy atom. The van der Waals surface area contributed by atoms with Gasteiger partial charge in [-0.3, -0.25) is 0 Å².